The van der Waals surface area contributed by atoms with Gasteiger partial charge in [0.05, 0.1) is 5.75 Å². The lowest BCUT2D eigenvalue weighted by molar-refractivity contribution is 0.158. The summed E-state index contributed by atoms with van der Waals surface area (Å²) in [6, 6.07) is 0. The summed E-state index contributed by atoms with van der Waals surface area (Å²) in [5.41, 5.74) is 5.53. The highest BCUT2D eigenvalue weighted by Crippen LogP contribution is 2.34. The summed E-state index contributed by atoms with van der Waals surface area (Å²) in [6.45, 7) is 4.30. The minimum Gasteiger partial charge on any atom is -0.329 e. The van der Waals surface area contributed by atoms with Gasteiger partial charge < -0.3 is 5.73 Å². The molecule has 0 atom stereocenters. The number of sulfonamides is 1. The topological polar surface area (TPSA) is 63.4 Å². The van der Waals surface area contributed by atoms with Gasteiger partial charge in [-0.1, -0.05) is 33.1 Å². The molecule has 0 saturated heterocycles. The maximum atomic E-state index is 12.3. The second-order valence-electron chi connectivity index (χ2n) is 5.63. The summed E-state index contributed by atoms with van der Waals surface area (Å²) in [5, 5.41) is 0. The Morgan fingerprint density at radius 3 is 2.18 bits per heavy atom. The molecule has 1 rings (SSSR count). The Bertz CT molecular complexity index is 332. The van der Waals surface area contributed by atoms with Crippen molar-refractivity contribution >= 4 is 10.0 Å². The molecule has 0 aromatic heterocycles. The minimum absolute atomic E-state index is 0.154. The Hall–Kier alpha value is -0.130. The Balaban J connectivity index is 2.88. The summed E-state index contributed by atoms with van der Waals surface area (Å²) in [7, 11) is -1.47. The van der Waals surface area contributed by atoms with E-state index in [1.807, 2.05) is 13.8 Å². The van der Waals surface area contributed by atoms with Crippen molar-refractivity contribution in [2.24, 2.45) is 11.7 Å². The first-order valence-electron chi connectivity index (χ1n) is 6.51. The summed E-state index contributed by atoms with van der Waals surface area (Å²) in [4.78, 5) is 0. The molecule has 0 amide bonds. The van der Waals surface area contributed by atoms with Gasteiger partial charge in [0, 0.05) is 19.1 Å². The Kier molecular flexibility index (Phi) is 4.98. The van der Waals surface area contributed by atoms with Crippen LogP contribution in [-0.2, 0) is 10.0 Å². The third-order valence-electron chi connectivity index (χ3n) is 3.79. The highest BCUT2D eigenvalue weighted by Gasteiger charge is 2.40. The van der Waals surface area contributed by atoms with E-state index >= 15 is 0 Å². The van der Waals surface area contributed by atoms with E-state index in [2.05, 4.69) is 0 Å². The van der Waals surface area contributed by atoms with Crippen LogP contribution in [0.4, 0.5) is 0 Å². The molecule has 2 N–H and O–H groups in total. The minimum atomic E-state index is -3.18. The van der Waals surface area contributed by atoms with Crippen molar-refractivity contribution in [2.75, 3.05) is 19.3 Å². The fraction of sp³-hybridized carbons (Fsp3) is 1.00. The van der Waals surface area contributed by atoms with Crippen LogP contribution < -0.4 is 5.73 Å². The van der Waals surface area contributed by atoms with Crippen molar-refractivity contribution in [3.05, 3.63) is 0 Å². The molecule has 1 fully saturated rings. The van der Waals surface area contributed by atoms with Crippen molar-refractivity contribution in [2.45, 2.75) is 51.5 Å². The molecular weight excluding hydrogens is 236 g/mol. The van der Waals surface area contributed by atoms with Gasteiger partial charge in [0.25, 0.3) is 0 Å². The maximum absolute atomic E-state index is 12.3. The Morgan fingerprint density at radius 2 is 1.76 bits per heavy atom. The normalized spacial score (nSPS) is 21.1. The van der Waals surface area contributed by atoms with Gasteiger partial charge in [-0.3, -0.25) is 0 Å². The van der Waals surface area contributed by atoms with Crippen LogP contribution in [0.3, 0.4) is 0 Å². The van der Waals surface area contributed by atoms with Gasteiger partial charge in [-0.05, 0) is 18.8 Å². The van der Waals surface area contributed by atoms with Crippen LogP contribution in [0.5, 0.6) is 0 Å². The molecule has 4 nitrogen and oxygen atoms in total. The molecule has 0 spiro atoms. The molecule has 102 valence electrons. The Labute approximate surface area is 106 Å². The molecule has 0 heterocycles. The van der Waals surface area contributed by atoms with Crippen LogP contribution in [0.2, 0.25) is 0 Å². The fourth-order valence-corrected chi connectivity index (χ4v) is 4.60. The van der Waals surface area contributed by atoms with E-state index in [-0.39, 0.29) is 17.2 Å². The fourth-order valence-electron chi connectivity index (χ4n) is 2.69. The van der Waals surface area contributed by atoms with Crippen molar-refractivity contribution in [1.82, 2.24) is 4.31 Å². The van der Waals surface area contributed by atoms with E-state index in [1.165, 1.54) is 6.42 Å². The molecule has 17 heavy (non-hydrogen) atoms. The predicted molar refractivity (Wildman–Crippen MR) is 71.3 cm³/mol. The Morgan fingerprint density at radius 1 is 1.24 bits per heavy atom. The van der Waals surface area contributed by atoms with Crippen LogP contribution in [-0.4, -0.2) is 37.6 Å². The van der Waals surface area contributed by atoms with Gasteiger partial charge in [-0.2, -0.15) is 4.31 Å². The molecule has 0 aromatic rings. The van der Waals surface area contributed by atoms with Gasteiger partial charge in [0.2, 0.25) is 10.0 Å². The van der Waals surface area contributed by atoms with Crippen molar-refractivity contribution in [3.8, 4) is 0 Å². The second kappa shape index (κ2) is 5.67. The van der Waals surface area contributed by atoms with Gasteiger partial charge >= 0.3 is 0 Å². The smallest absolute Gasteiger partial charge is 0.214 e. The highest BCUT2D eigenvalue weighted by atomic mass is 32.2. The van der Waals surface area contributed by atoms with Crippen molar-refractivity contribution in [3.63, 3.8) is 0 Å². The van der Waals surface area contributed by atoms with Gasteiger partial charge in [0.15, 0.2) is 0 Å². The SMILES string of the molecule is CC(C)CS(=O)(=O)N(C)C1(CN)CCCCC1. The standard InChI is InChI=1S/C12H26N2O2S/c1-11(2)9-17(15,16)14(3)12(10-13)7-5-4-6-8-12/h11H,4-10,13H2,1-3H3. The molecule has 1 aliphatic rings. The summed E-state index contributed by atoms with van der Waals surface area (Å²) in [5.74, 6) is 0.367. The van der Waals surface area contributed by atoms with Crippen LogP contribution in [0.25, 0.3) is 0 Å². The molecule has 1 saturated carbocycles. The molecule has 0 radical (unpaired) electrons. The number of hydrogen-bond acceptors (Lipinski definition) is 3. The van der Waals surface area contributed by atoms with Crippen LogP contribution >= 0.6 is 0 Å². The molecule has 0 bridgehead atoms. The zero-order valence-corrected chi connectivity index (χ0v) is 12.1. The van der Waals surface area contributed by atoms with E-state index in [4.69, 9.17) is 5.73 Å². The zero-order valence-electron chi connectivity index (χ0n) is 11.3. The predicted octanol–water partition coefficient (Wildman–Crippen LogP) is 1.57. The molecule has 1 aliphatic carbocycles. The lowest BCUT2D eigenvalue weighted by atomic mass is 9.82. The molecule has 0 unspecified atom stereocenters. The molecule has 0 aromatic carbocycles. The molecule has 5 heteroatoms. The summed E-state index contributed by atoms with van der Waals surface area (Å²) < 4.78 is 26.1. The summed E-state index contributed by atoms with van der Waals surface area (Å²) >= 11 is 0. The highest BCUT2D eigenvalue weighted by molar-refractivity contribution is 7.89. The maximum Gasteiger partial charge on any atom is 0.214 e. The van der Waals surface area contributed by atoms with Crippen LogP contribution in [0, 0.1) is 5.92 Å². The quantitative estimate of drug-likeness (QED) is 0.818. The van der Waals surface area contributed by atoms with Gasteiger partial charge in [-0.15, -0.1) is 0 Å². The average molecular weight is 262 g/mol. The van der Waals surface area contributed by atoms with E-state index in [0.717, 1.165) is 25.7 Å². The van der Waals surface area contributed by atoms with E-state index < -0.39 is 10.0 Å². The molecule has 0 aliphatic heterocycles. The third-order valence-corrected chi connectivity index (χ3v) is 6.10. The number of likely N-dealkylation sites (N-methyl/N-ethyl adjacent to an activating group) is 1. The number of rotatable bonds is 5. The third kappa shape index (κ3) is 3.42. The van der Waals surface area contributed by atoms with Crippen molar-refractivity contribution < 1.29 is 8.42 Å². The first-order chi connectivity index (χ1) is 7.84. The number of nitrogens with zero attached hydrogens (tertiary/aromatic N) is 1. The summed E-state index contributed by atoms with van der Waals surface area (Å²) in [6.07, 6.45) is 5.16. The second-order valence-corrected chi connectivity index (χ2v) is 7.67. The number of nitrogens with two attached hydrogens (primary N) is 1. The first kappa shape index (κ1) is 14.9. The zero-order chi connectivity index (χ0) is 13.1. The van der Waals surface area contributed by atoms with Gasteiger partial charge in [0.1, 0.15) is 0 Å². The largest absolute Gasteiger partial charge is 0.329 e. The molecular formula is C12H26N2O2S. The lowest BCUT2D eigenvalue weighted by Crippen LogP contribution is -2.56. The van der Waals surface area contributed by atoms with Crippen molar-refractivity contribution in [1.29, 1.82) is 0 Å². The van der Waals surface area contributed by atoms with Crippen LogP contribution in [0.15, 0.2) is 0 Å². The monoisotopic (exact) mass is 262 g/mol. The number of hydrogen-bond donors (Lipinski definition) is 1. The van der Waals surface area contributed by atoms with E-state index in [9.17, 15) is 8.42 Å². The van der Waals surface area contributed by atoms with Gasteiger partial charge in [-0.25, -0.2) is 8.42 Å². The lowest BCUT2D eigenvalue weighted by Gasteiger charge is -2.43. The van der Waals surface area contributed by atoms with Crippen LogP contribution in [0.1, 0.15) is 46.0 Å². The first-order valence-corrected chi connectivity index (χ1v) is 8.12. The average Bonchev–Trinajstić information content (AvgIpc) is 2.27. The van der Waals surface area contributed by atoms with E-state index in [0.29, 0.717) is 6.54 Å². The van der Waals surface area contributed by atoms with E-state index in [1.54, 1.807) is 11.4 Å².